The van der Waals surface area contributed by atoms with Crippen molar-refractivity contribution in [1.29, 1.82) is 0 Å². The van der Waals surface area contributed by atoms with E-state index < -0.39 is 0 Å². The first kappa shape index (κ1) is 11.4. The average Bonchev–Trinajstić information content (AvgIpc) is 2.29. The van der Waals surface area contributed by atoms with Crippen molar-refractivity contribution in [2.24, 2.45) is 0 Å². The van der Waals surface area contributed by atoms with Crippen LogP contribution in [0.1, 0.15) is 56.1 Å². The van der Waals surface area contributed by atoms with Gasteiger partial charge in [0.05, 0.1) is 0 Å². The Bertz CT molecular complexity index is 324. The van der Waals surface area contributed by atoms with Gasteiger partial charge in [-0.25, -0.2) is 0 Å². The molecule has 0 nitrogen and oxygen atoms in total. The molecular weight excluding hydrogens is 295 g/mol. The molecule has 0 bridgehead atoms. The lowest BCUT2D eigenvalue weighted by Gasteiger charge is -2.25. The second-order valence-corrected chi connectivity index (χ2v) is 5.66. The van der Waals surface area contributed by atoms with Crippen LogP contribution < -0.4 is 0 Å². The van der Waals surface area contributed by atoms with Crippen LogP contribution in [-0.2, 0) is 6.42 Å². The van der Waals surface area contributed by atoms with E-state index in [0.717, 1.165) is 5.92 Å². The third-order valence-electron chi connectivity index (χ3n) is 3.54. The van der Waals surface area contributed by atoms with E-state index in [-0.39, 0.29) is 0 Å². The lowest BCUT2D eigenvalue weighted by atomic mass is 9.82. The number of aryl methyl sites for hydroxylation is 1. The van der Waals surface area contributed by atoms with Crippen LogP contribution in [0.5, 0.6) is 0 Å². The molecule has 82 valence electrons. The first-order chi connectivity index (χ1) is 7.33. The van der Waals surface area contributed by atoms with Gasteiger partial charge in [-0.2, -0.15) is 0 Å². The predicted molar refractivity (Wildman–Crippen MR) is 74.4 cm³/mol. The van der Waals surface area contributed by atoms with Gasteiger partial charge < -0.3 is 0 Å². The van der Waals surface area contributed by atoms with E-state index in [1.165, 1.54) is 42.1 Å². The van der Waals surface area contributed by atoms with Crippen molar-refractivity contribution < 1.29 is 0 Å². The zero-order chi connectivity index (χ0) is 10.7. The van der Waals surface area contributed by atoms with Crippen LogP contribution in [0.3, 0.4) is 0 Å². The van der Waals surface area contributed by atoms with Gasteiger partial charge in [0, 0.05) is 3.57 Å². The minimum Gasteiger partial charge on any atom is -0.0613 e. The van der Waals surface area contributed by atoms with E-state index in [1.807, 2.05) is 0 Å². The van der Waals surface area contributed by atoms with Crippen molar-refractivity contribution in [1.82, 2.24) is 0 Å². The lowest BCUT2D eigenvalue weighted by Crippen LogP contribution is -2.09. The van der Waals surface area contributed by atoms with Crippen LogP contribution in [0, 0.1) is 3.57 Å². The van der Waals surface area contributed by atoms with Crippen molar-refractivity contribution >= 4 is 22.6 Å². The molecule has 0 saturated heterocycles. The number of hydrogen-bond donors (Lipinski definition) is 0. The standard InChI is InChI=1S/C14H19I/c1-2-11-9-6-10-13(15)14(11)12-7-4-3-5-8-12/h6,9-10,12H,2-5,7-8H2,1H3. The fraction of sp³-hybridized carbons (Fsp3) is 0.571. The zero-order valence-corrected chi connectivity index (χ0v) is 11.6. The largest absolute Gasteiger partial charge is 0.0613 e. The summed E-state index contributed by atoms with van der Waals surface area (Å²) in [4.78, 5) is 0. The summed E-state index contributed by atoms with van der Waals surface area (Å²) in [6.07, 6.45) is 8.31. The second-order valence-electron chi connectivity index (χ2n) is 4.50. The third kappa shape index (κ3) is 2.55. The normalized spacial score (nSPS) is 18.0. The van der Waals surface area contributed by atoms with Crippen LogP contribution in [0.2, 0.25) is 0 Å². The maximum Gasteiger partial charge on any atom is 0.0167 e. The minimum atomic E-state index is 0.849. The molecule has 0 aliphatic heterocycles. The quantitative estimate of drug-likeness (QED) is 0.681. The van der Waals surface area contributed by atoms with Gasteiger partial charge in [-0.15, -0.1) is 0 Å². The lowest BCUT2D eigenvalue weighted by molar-refractivity contribution is 0.440. The highest BCUT2D eigenvalue weighted by Gasteiger charge is 2.19. The zero-order valence-electron chi connectivity index (χ0n) is 9.43. The first-order valence-corrected chi connectivity index (χ1v) is 7.18. The van der Waals surface area contributed by atoms with Gasteiger partial charge in [-0.3, -0.25) is 0 Å². The highest BCUT2D eigenvalue weighted by Crippen LogP contribution is 2.36. The molecule has 1 fully saturated rings. The minimum absolute atomic E-state index is 0.849. The fourth-order valence-corrected chi connectivity index (χ4v) is 3.73. The Hall–Kier alpha value is -0.0500. The summed E-state index contributed by atoms with van der Waals surface area (Å²) in [5.74, 6) is 0.849. The van der Waals surface area contributed by atoms with Gasteiger partial charge in [0.15, 0.2) is 0 Å². The Morgan fingerprint density at radius 3 is 2.60 bits per heavy atom. The average molecular weight is 314 g/mol. The van der Waals surface area contributed by atoms with Gasteiger partial charge in [0.2, 0.25) is 0 Å². The maximum atomic E-state index is 2.51. The maximum absolute atomic E-state index is 2.51. The van der Waals surface area contributed by atoms with E-state index in [1.54, 1.807) is 11.1 Å². The van der Waals surface area contributed by atoms with Crippen molar-refractivity contribution in [2.45, 2.75) is 51.4 Å². The van der Waals surface area contributed by atoms with Gasteiger partial charge in [-0.1, -0.05) is 38.3 Å². The Balaban J connectivity index is 2.31. The molecule has 0 atom stereocenters. The molecule has 1 aromatic rings. The van der Waals surface area contributed by atoms with Crippen LogP contribution >= 0.6 is 22.6 Å². The highest BCUT2D eigenvalue weighted by atomic mass is 127. The number of rotatable bonds is 2. The van der Waals surface area contributed by atoms with Gasteiger partial charge in [0.25, 0.3) is 0 Å². The summed E-state index contributed by atoms with van der Waals surface area (Å²) >= 11 is 2.51. The molecule has 0 aromatic heterocycles. The van der Waals surface area contributed by atoms with Crippen LogP contribution in [-0.4, -0.2) is 0 Å². The van der Waals surface area contributed by atoms with Gasteiger partial charge >= 0.3 is 0 Å². The highest BCUT2D eigenvalue weighted by molar-refractivity contribution is 14.1. The molecule has 15 heavy (non-hydrogen) atoms. The Kier molecular flexibility index (Phi) is 4.06. The number of halogens is 1. The molecule has 1 aliphatic carbocycles. The van der Waals surface area contributed by atoms with Crippen molar-refractivity contribution in [2.75, 3.05) is 0 Å². The Labute approximate surface area is 107 Å². The summed E-state index contributed by atoms with van der Waals surface area (Å²) in [7, 11) is 0. The summed E-state index contributed by atoms with van der Waals surface area (Å²) in [5.41, 5.74) is 3.24. The smallest absolute Gasteiger partial charge is 0.0167 e. The Morgan fingerprint density at radius 1 is 1.20 bits per heavy atom. The Morgan fingerprint density at radius 2 is 1.93 bits per heavy atom. The molecule has 0 spiro atoms. The molecule has 1 saturated carbocycles. The van der Waals surface area contributed by atoms with Crippen LogP contribution in [0.25, 0.3) is 0 Å². The second kappa shape index (κ2) is 5.33. The molecular formula is C14H19I. The first-order valence-electron chi connectivity index (χ1n) is 6.10. The van der Waals surface area contributed by atoms with Crippen molar-refractivity contribution in [3.05, 3.63) is 32.9 Å². The van der Waals surface area contributed by atoms with E-state index in [2.05, 4.69) is 47.7 Å². The van der Waals surface area contributed by atoms with E-state index in [9.17, 15) is 0 Å². The molecule has 0 amide bonds. The van der Waals surface area contributed by atoms with E-state index in [0.29, 0.717) is 0 Å². The number of hydrogen-bond acceptors (Lipinski definition) is 0. The SMILES string of the molecule is CCc1cccc(I)c1C1CCCCC1. The molecule has 1 heteroatoms. The number of benzene rings is 1. The molecule has 0 N–H and O–H groups in total. The molecule has 0 radical (unpaired) electrons. The summed E-state index contributed by atoms with van der Waals surface area (Å²) in [6, 6.07) is 6.78. The van der Waals surface area contributed by atoms with E-state index >= 15 is 0 Å². The monoisotopic (exact) mass is 314 g/mol. The van der Waals surface area contributed by atoms with Crippen molar-refractivity contribution in [3.63, 3.8) is 0 Å². The van der Waals surface area contributed by atoms with Gasteiger partial charge in [-0.05, 0) is 65.0 Å². The third-order valence-corrected chi connectivity index (χ3v) is 4.48. The summed E-state index contributed by atoms with van der Waals surface area (Å²) in [5, 5.41) is 0. The fourth-order valence-electron chi connectivity index (χ4n) is 2.74. The predicted octanol–water partition coefficient (Wildman–Crippen LogP) is 4.90. The molecule has 1 aliphatic rings. The van der Waals surface area contributed by atoms with E-state index in [4.69, 9.17) is 0 Å². The van der Waals surface area contributed by atoms with Crippen LogP contribution in [0.4, 0.5) is 0 Å². The summed E-state index contributed by atoms with van der Waals surface area (Å²) < 4.78 is 1.49. The molecule has 1 aromatic carbocycles. The summed E-state index contributed by atoms with van der Waals surface area (Å²) in [6.45, 7) is 2.28. The molecule has 0 unspecified atom stereocenters. The van der Waals surface area contributed by atoms with Crippen LogP contribution in [0.15, 0.2) is 18.2 Å². The molecule has 2 rings (SSSR count). The van der Waals surface area contributed by atoms with Crippen molar-refractivity contribution in [3.8, 4) is 0 Å². The van der Waals surface area contributed by atoms with Gasteiger partial charge in [0.1, 0.15) is 0 Å². The topological polar surface area (TPSA) is 0 Å². The molecule has 0 heterocycles.